The largest absolute Gasteiger partial charge is 0.480 e. The average molecular weight is 306 g/mol. The second-order valence-corrected chi connectivity index (χ2v) is 5.28. The minimum absolute atomic E-state index is 0.00149. The summed E-state index contributed by atoms with van der Waals surface area (Å²) in [5, 5.41) is 11.4. The molecule has 8 heteroatoms. The number of hydrogen-bond donors (Lipinski definition) is 2. The summed E-state index contributed by atoms with van der Waals surface area (Å²) in [6, 6.07) is -1.59. The first-order valence-corrected chi connectivity index (χ1v) is 7.54. The van der Waals surface area contributed by atoms with Crippen LogP contribution in [0, 0.1) is 0 Å². The van der Waals surface area contributed by atoms with E-state index in [4.69, 9.17) is 5.11 Å². The number of amides is 2. The molecule has 0 spiro atoms. The van der Waals surface area contributed by atoms with E-state index in [0.717, 1.165) is 5.75 Å². The lowest BCUT2D eigenvalue weighted by Gasteiger charge is -2.26. The topological polar surface area (TPSA) is 95.9 Å². The Labute approximate surface area is 123 Å². The van der Waals surface area contributed by atoms with Crippen LogP contribution >= 0.6 is 11.8 Å². The van der Waals surface area contributed by atoms with Gasteiger partial charge in [-0.05, 0) is 19.6 Å². The quantitative estimate of drug-likeness (QED) is 0.644. The first-order valence-electron chi connectivity index (χ1n) is 6.15. The van der Waals surface area contributed by atoms with Crippen LogP contribution in [0.2, 0.25) is 0 Å². The number of nitrogens with zero attached hydrogens (tertiary/aromatic N) is 1. The second kappa shape index (κ2) is 9.46. The monoisotopic (exact) mass is 306 g/mol. The third-order valence-corrected chi connectivity index (χ3v) is 3.67. The number of carboxylic acids is 1. The maximum absolute atomic E-state index is 11.9. The summed E-state index contributed by atoms with van der Waals surface area (Å²) in [5.41, 5.74) is 0. The zero-order valence-corrected chi connectivity index (χ0v) is 13.0. The predicted molar refractivity (Wildman–Crippen MR) is 76.8 cm³/mol. The van der Waals surface area contributed by atoms with Gasteiger partial charge in [-0.1, -0.05) is 0 Å². The van der Waals surface area contributed by atoms with E-state index < -0.39 is 24.0 Å². The van der Waals surface area contributed by atoms with Gasteiger partial charge < -0.3 is 20.1 Å². The van der Waals surface area contributed by atoms with Gasteiger partial charge in [-0.3, -0.25) is 4.79 Å². The van der Waals surface area contributed by atoms with Crippen LogP contribution < -0.4 is 5.32 Å². The van der Waals surface area contributed by atoms with Crippen molar-refractivity contribution in [3.8, 4) is 0 Å². The fourth-order valence-electron chi connectivity index (χ4n) is 1.43. The van der Waals surface area contributed by atoms with E-state index >= 15 is 0 Å². The number of carbonyl (C=O) groups is 3. The van der Waals surface area contributed by atoms with Crippen molar-refractivity contribution < 1.29 is 24.2 Å². The van der Waals surface area contributed by atoms with Crippen molar-refractivity contribution in [2.45, 2.75) is 31.8 Å². The molecule has 7 nitrogen and oxygen atoms in total. The molecule has 0 saturated carbocycles. The van der Waals surface area contributed by atoms with Crippen molar-refractivity contribution in [1.82, 2.24) is 10.2 Å². The first-order chi connectivity index (χ1) is 9.33. The summed E-state index contributed by atoms with van der Waals surface area (Å²) in [6.45, 7) is 1.88. The lowest BCUT2D eigenvalue weighted by atomic mass is 10.1. The molecule has 0 aliphatic rings. The molecular weight excluding hydrogens is 284 g/mol. The number of urea groups is 1. The third-order valence-electron chi connectivity index (χ3n) is 2.85. The highest BCUT2D eigenvalue weighted by Gasteiger charge is 2.24. The Morgan fingerprint density at radius 1 is 1.40 bits per heavy atom. The minimum Gasteiger partial charge on any atom is -0.480 e. The number of aliphatic carboxylic acids is 1. The van der Waals surface area contributed by atoms with Crippen LogP contribution in [-0.4, -0.2) is 66.2 Å². The van der Waals surface area contributed by atoms with Gasteiger partial charge in [0.15, 0.2) is 0 Å². The Bertz CT molecular complexity index is 351. The third kappa shape index (κ3) is 6.65. The molecule has 0 aliphatic carbocycles. The molecule has 0 aromatic heterocycles. The molecule has 0 bridgehead atoms. The van der Waals surface area contributed by atoms with Gasteiger partial charge in [0.05, 0.1) is 7.11 Å². The second-order valence-electron chi connectivity index (χ2n) is 4.37. The van der Waals surface area contributed by atoms with Crippen molar-refractivity contribution in [3.63, 3.8) is 0 Å². The number of carbonyl (C=O) groups excluding carboxylic acids is 2. The fraction of sp³-hybridized carbons (Fsp3) is 0.750. The molecule has 20 heavy (non-hydrogen) atoms. The minimum atomic E-state index is -1.17. The molecule has 2 N–H and O–H groups in total. The van der Waals surface area contributed by atoms with E-state index in [-0.39, 0.29) is 18.9 Å². The fourth-order valence-corrected chi connectivity index (χ4v) is 2.13. The van der Waals surface area contributed by atoms with E-state index in [1.807, 2.05) is 13.2 Å². The lowest BCUT2D eigenvalue weighted by molar-refractivity contribution is -0.142. The molecule has 0 radical (unpaired) electrons. The molecule has 2 atom stereocenters. The maximum Gasteiger partial charge on any atom is 0.326 e. The highest BCUT2D eigenvalue weighted by molar-refractivity contribution is 7.98. The van der Waals surface area contributed by atoms with Gasteiger partial charge in [-0.2, -0.15) is 11.8 Å². The number of ether oxygens (including phenoxy) is 1. The Hall–Kier alpha value is -1.44. The van der Waals surface area contributed by atoms with Crippen molar-refractivity contribution in [1.29, 1.82) is 0 Å². The number of hydrogen-bond acceptors (Lipinski definition) is 5. The number of esters is 1. The van der Waals surface area contributed by atoms with E-state index in [2.05, 4.69) is 10.1 Å². The van der Waals surface area contributed by atoms with Gasteiger partial charge in [0.25, 0.3) is 0 Å². The van der Waals surface area contributed by atoms with Crippen LogP contribution in [0.15, 0.2) is 0 Å². The predicted octanol–water partition coefficient (Wildman–Crippen LogP) is 0.786. The summed E-state index contributed by atoms with van der Waals surface area (Å²) >= 11 is 1.60. The highest BCUT2D eigenvalue weighted by Crippen LogP contribution is 2.06. The van der Waals surface area contributed by atoms with Crippen molar-refractivity contribution >= 4 is 29.7 Å². The summed E-state index contributed by atoms with van der Waals surface area (Å²) in [6.07, 6.45) is 1.87. The zero-order chi connectivity index (χ0) is 15.7. The summed E-state index contributed by atoms with van der Waals surface area (Å²) in [4.78, 5) is 35.4. The Kier molecular flexibility index (Phi) is 8.78. The molecule has 0 aromatic rings. The lowest BCUT2D eigenvalue weighted by Crippen LogP contribution is -2.49. The summed E-state index contributed by atoms with van der Waals surface area (Å²) in [7, 11) is 2.84. The Balaban J connectivity index is 4.47. The molecule has 0 fully saturated rings. The van der Waals surface area contributed by atoms with Crippen LogP contribution in [0.25, 0.3) is 0 Å². The van der Waals surface area contributed by atoms with Gasteiger partial charge in [0.2, 0.25) is 0 Å². The SMILES string of the molecule is COC(=O)CC[C@@H](NC(=O)N(C)C(C)CSC)C(=O)O. The van der Waals surface area contributed by atoms with Gasteiger partial charge in [0, 0.05) is 25.3 Å². The number of carboxylic acid groups (broad SMARTS) is 1. The van der Waals surface area contributed by atoms with Crippen molar-refractivity contribution in [3.05, 3.63) is 0 Å². The first kappa shape index (κ1) is 18.6. The standard InChI is InChI=1S/C12H22N2O5S/c1-8(7-20-4)14(2)12(18)13-9(11(16)17)5-6-10(15)19-3/h8-9H,5-7H2,1-4H3,(H,13,18)(H,16,17)/t8?,9-/m1/s1. The van der Waals surface area contributed by atoms with Crippen LogP contribution in [0.5, 0.6) is 0 Å². The van der Waals surface area contributed by atoms with Crippen LogP contribution in [0.4, 0.5) is 4.79 Å². The van der Waals surface area contributed by atoms with E-state index in [1.165, 1.54) is 12.0 Å². The van der Waals surface area contributed by atoms with Gasteiger partial charge in [-0.15, -0.1) is 0 Å². The number of rotatable bonds is 8. The molecule has 1 unspecified atom stereocenters. The maximum atomic E-state index is 11.9. The van der Waals surface area contributed by atoms with Crippen LogP contribution in [0.3, 0.4) is 0 Å². The average Bonchev–Trinajstić information content (AvgIpc) is 2.41. The normalized spacial score (nSPS) is 13.2. The summed E-state index contributed by atoms with van der Waals surface area (Å²) < 4.78 is 4.45. The number of nitrogens with one attached hydrogen (secondary N) is 1. The van der Waals surface area contributed by atoms with Gasteiger partial charge in [0.1, 0.15) is 6.04 Å². The highest BCUT2D eigenvalue weighted by atomic mass is 32.2. The number of thioether (sulfide) groups is 1. The van der Waals surface area contributed by atoms with Crippen LogP contribution in [-0.2, 0) is 14.3 Å². The molecule has 2 amide bonds. The van der Waals surface area contributed by atoms with Gasteiger partial charge in [-0.25, -0.2) is 9.59 Å². The molecule has 0 heterocycles. The van der Waals surface area contributed by atoms with Crippen molar-refractivity contribution in [2.75, 3.05) is 26.2 Å². The van der Waals surface area contributed by atoms with Crippen LogP contribution in [0.1, 0.15) is 19.8 Å². The molecular formula is C12H22N2O5S. The zero-order valence-electron chi connectivity index (χ0n) is 12.2. The van der Waals surface area contributed by atoms with E-state index in [9.17, 15) is 14.4 Å². The molecule has 0 saturated heterocycles. The molecule has 0 rings (SSSR count). The Morgan fingerprint density at radius 2 is 2.00 bits per heavy atom. The Morgan fingerprint density at radius 3 is 2.45 bits per heavy atom. The molecule has 0 aliphatic heterocycles. The van der Waals surface area contributed by atoms with E-state index in [1.54, 1.807) is 18.8 Å². The van der Waals surface area contributed by atoms with Gasteiger partial charge >= 0.3 is 18.0 Å². The smallest absolute Gasteiger partial charge is 0.326 e. The summed E-state index contributed by atoms with van der Waals surface area (Å²) in [5.74, 6) is -0.924. The molecule has 0 aromatic carbocycles. The van der Waals surface area contributed by atoms with Crippen molar-refractivity contribution in [2.24, 2.45) is 0 Å². The molecule has 116 valence electrons. The number of methoxy groups -OCH3 is 1. The van der Waals surface area contributed by atoms with E-state index in [0.29, 0.717) is 0 Å².